The lowest BCUT2D eigenvalue weighted by Gasteiger charge is -2.29. The summed E-state index contributed by atoms with van der Waals surface area (Å²) in [5.74, 6) is 0.718. The maximum atomic E-state index is 3.88. The second-order valence-electron chi connectivity index (χ2n) is 4.13. The summed E-state index contributed by atoms with van der Waals surface area (Å²) in [5.41, 5.74) is 0.537. The fourth-order valence-corrected chi connectivity index (χ4v) is 1.57. The molecule has 0 aliphatic heterocycles. The van der Waals surface area contributed by atoms with Crippen LogP contribution in [0, 0.1) is 11.3 Å². The quantitative estimate of drug-likeness (QED) is 0.515. The zero-order valence-corrected chi connectivity index (χ0v) is 9.19. The van der Waals surface area contributed by atoms with Gasteiger partial charge in [-0.1, -0.05) is 46.6 Å². The first kappa shape index (κ1) is 11.7. The minimum atomic E-state index is 0.537. The van der Waals surface area contributed by atoms with Crippen LogP contribution in [0.1, 0.15) is 53.4 Å². The summed E-state index contributed by atoms with van der Waals surface area (Å²) in [4.78, 5) is 0. The average molecular weight is 168 g/mol. The third-order valence-electron chi connectivity index (χ3n) is 3.32. The van der Waals surface area contributed by atoms with Crippen LogP contribution in [0.4, 0.5) is 0 Å². The first-order valence-electron chi connectivity index (χ1n) is 5.24. The molecule has 0 saturated carbocycles. The SMILES string of the molecule is C=CC(CC)CC(C)(CC)CC. The molecular formula is C12H24. The second kappa shape index (κ2) is 5.40. The molecule has 0 N–H and O–H groups in total. The van der Waals surface area contributed by atoms with Crippen LogP contribution in [-0.4, -0.2) is 0 Å². The zero-order chi connectivity index (χ0) is 9.61. The van der Waals surface area contributed by atoms with Crippen molar-refractivity contribution in [2.75, 3.05) is 0 Å². The predicted molar refractivity (Wildman–Crippen MR) is 57.3 cm³/mol. The van der Waals surface area contributed by atoms with Crippen molar-refractivity contribution in [3.8, 4) is 0 Å². The maximum absolute atomic E-state index is 3.88. The Morgan fingerprint density at radius 1 is 1.25 bits per heavy atom. The van der Waals surface area contributed by atoms with E-state index >= 15 is 0 Å². The van der Waals surface area contributed by atoms with E-state index < -0.39 is 0 Å². The highest BCUT2D eigenvalue weighted by Crippen LogP contribution is 2.34. The molecule has 0 heteroatoms. The first-order valence-corrected chi connectivity index (χ1v) is 5.24. The van der Waals surface area contributed by atoms with E-state index in [9.17, 15) is 0 Å². The molecule has 1 atom stereocenters. The van der Waals surface area contributed by atoms with Gasteiger partial charge in [-0.25, -0.2) is 0 Å². The molecular weight excluding hydrogens is 144 g/mol. The molecule has 0 saturated heterocycles. The van der Waals surface area contributed by atoms with Gasteiger partial charge in [-0.3, -0.25) is 0 Å². The van der Waals surface area contributed by atoms with E-state index in [4.69, 9.17) is 0 Å². The van der Waals surface area contributed by atoms with Crippen LogP contribution in [0.2, 0.25) is 0 Å². The molecule has 0 radical (unpaired) electrons. The van der Waals surface area contributed by atoms with E-state index in [-0.39, 0.29) is 0 Å². The van der Waals surface area contributed by atoms with E-state index in [0.29, 0.717) is 5.41 Å². The van der Waals surface area contributed by atoms with Crippen LogP contribution >= 0.6 is 0 Å². The summed E-state index contributed by atoms with van der Waals surface area (Å²) in [5, 5.41) is 0. The van der Waals surface area contributed by atoms with Crippen molar-refractivity contribution in [2.45, 2.75) is 53.4 Å². The van der Waals surface area contributed by atoms with Crippen LogP contribution in [0.25, 0.3) is 0 Å². The molecule has 0 bridgehead atoms. The molecule has 0 heterocycles. The Labute approximate surface area is 78.1 Å². The first-order chi connectivity index (χ1) is 5.61. The van der Waals surface area contributed by atoms with Crippen molar-refractivity contribution in [3.63, 3.8) is 0 Å². The highest BCUT2D eigenvalue weighted by molar-refractivity contribution is 4.84. The van der Waals surface area contributed by atoms with Crippen LogP contribution in [0.3, 0.4) is 0 Å². The third kappa shape index (κ3) is 3.42. The fourth-order valence-electron chi connectivity index (χ4n) is 1.57. The Morgan fingerprint density at radius 3 is 2.00 bits per heavy atom. The van der Waals surface area contributed by atoms with Crippen LogP contribution in [0.15, 0.2) is 12.7 Å². The van der Waals surface area contributed by atoms with Gasteiger partial charge in [-0.2, -0.15) is 0 Å². The molecule has 0 aromatic carbocycles. The predicted octanol–water partition coefficient (Wildman–Crippen LogP) is 4.42. The molecule has 72 valence electrons. The van der Waals surface area contributed by atoms with E-state index in [2.05, 4.69) is 40.3 Å². The number of allylic oxidation sites excluding steroid dienone is 1. The summed E-state index contributed by atoms with van der Waals surface area (Å²) in [7, 11) is 0. The van der Waals surface area contributed by atoms with Crippen LogP contribution in [-0.2, 0) is 0 Å². The smallest absolute Gasteiger partial charge is 0.0234 e. The van der Waals surface area contributed by atoms with Crippen molar-refractivity contribution in [3.05, 3.63) is 12.7 Å². The van der Waals surface area contributed by atoms with E-state index in [0.717, 1.165) is 5.92 Å². The van der Waals surface area contributed by atoms with Gasteiger partial charge in [0.2, 0.25) is 0 Å². The molecule has 0 aliphatic carbocycles. The summed E-state index contributed by atoms with van der Waals surface area (Å²) in [6.45, 7) is 13.1. The molecule has 0 nitrogen and oxygen atoms in total. The summed E-state index contributed by atoms with van der Waals surface area (Å²) < 4.78 is 0. The lowest BCUT2D eigenvalue weighted by Crippen LogP contribution is -2.17. The number of hydrogen-bond donors (Lipinski definition) is 0. The van der Waals surface area contributed by atoms with E-state index in [1.54, 1.807) is 0 Å². The van der Waals surface area contributed by atoms with Gasteiger partial charge in [0, 0.05) is 0 Å². The normalized spacial score (nSPS) is 14.3. The van der Waals surface area contributed by atoms with Gasteiger partial charge in [0.25, 0.3) is 0 Å². The van der Waals surface area contributed by atoms with Gasteiger partial charge in [0.15, 0.2) is 0 Å². The van der Waals surface area contributed by atoms with Crippen molar-refractivity contribution < 1.29 is 0 Å². The minimum absolute atomic E-state index is 0.537. The standard InChI is InChI=1S/C12H24/c1-6-11(7-2)10-12(5,8-3)9-4/h6,11H,1,7-10H2,2-5H3. The average Bonchev–Trinajstić information content (AvgIpc) is 2.14. The summed E-state index contributed by atoms with van der Waals surface area (Å²) >= 11 is 0. The van der Waals surface area contributed by atoms with Crippen molar-refractivity contribution in [1.29, 1.82) is 0 Å². The third-order valence-corrected chi connectivity index (χ3v) is 3.32. The summed E-state index contributed by atoms with van der Waals surface area (Å²) in [6, 6.07) is 0. The molecule has 0 fully saturated rings. The highest BCUT2D eigenvalue weighted by atomic mass is 14.3. The van der Waals surface area contributed by atoms with Crippen molar-refractivity contribution >= 4 is 0 Å². The largest absolute Gasteiger partial charge is 0.103 e. The molecule has 12 heavy (non-hydrogen) atoms. The molecule has 0 aliphatic rings. The molecule has 0 aromatic rings. The van der Waals surface area contributed by atoms with Gasteiger partial charge in [-0.15, -0.1) is 6.58 Å². The Bertz CT molecular complexity index is 120. The molecule has 0 amide bonds. The Hall–Kier alpha value is -0.260. The van der Waals surface area contributed by atoms with E-state index in [1.807, 2.05) is 0 Å². The van der Waals surface area contributed by atoms with Gasteiger partial charge in [0.1, 0.15) is 0 Å². The Morgan fingerprint density at radius 2 is 1.75 bits per heavy atom. The lowest BCUT2D eigenvalue weighted by atomic mass is 9.76. The van der Waals surface area contributed by atoms with Crippen molar-refractivity contribution in [2.24, 2.45) is 11.3 Å². The zero-order valence-electron chi connectivity index (χ0n) is 9.19. The highest BCUT2D eigenvalue weighted by Gasteiger charge is 2.22. The fraction of sp³-hybridized carbons (Fsp3) is 0.833. The molecule has 0 rings (SSSR count). The monoisotopic (exact) mass is 168 g/mol. The van der Waals surface area contributed by atoms with Gasteiger partial charge >= 0.3 is 0 Å². The van der Waals surface area contributed by atoms with E-state index in [1.165, 1.54) is 25.7 Å². The molecule has 0 aromatic heterocycles. The minimum Gasteiger partial charge on any atom is -0.103 e. The molecule has 1 unspecified atom stereocenters. The summed E-state index contributed by atoms with van der Waals surface area (Å²) in [6.07, 6.45) is 7.23. The Balaban J connectivity index is 4.07. The van der Waals surface area contributed by atoms with Crippen molar-refractivity contribution in [1.82, 2.24) is 0 Å². The maximum Gasteiger partial charge on any atom is -0.0234 e. The van der Waals surface area contributed by atoms with Gasteiger partial charge in [-0.05, 0) is 24.2 Å². The second-order valence-corrected chi connectivity index (χ2v) is 4.13. The van der Waals surface area contributed by atoms with Crippen LogP contribution in [0.5, 0.6) is 0 Å². The topological polar surface area (TPSA) is 0 Å². The lowest BCUT2D eigenvalue weighted by molar-refractivity contribution is 0.237. The van der Waals surface area contributed by atoms with Gasteiger partial charge < -0.3 is 0 Å². The molecule has 0 spiro atoms. The Kier molecular flexibility index (Phi) is 5.28. The number of hydrogen-bond acceptors (Lipinski definition) is 0. The van der Waals surface area contributed by atoms with Crippen LogP contribution < -0.4 is 0 Å². The number of rotatable bonds is 6. The van der Waals surface area contributed by atoms with Gasteiger partial charge in [0.05, 0.1) is 0 Å².